The van der Waals surface area contributed by atoms with E-state index < -0.39 is 31.6 Å². The second-order valence-corrected chi connectivity index (χ2v) is 3.35. The van der Waals surface area contributed by atoms with Crippen LogP contribution in [0.3, 0.4) is 0 Å². The predicted octanol–water partition coefficient (Wildman–Crippen LogP) is 0.850. The molecule has 2 N–H and O–H groups in total. The molecule has 0 aromatic heterocycles. The third-order valence-corrected chi connectivity index (χ3v) is 1.28. The Labute approximate surface area is 94.4 Å². The van der Waals surface area contributed by atoms with Crippen molar-refractivity contribution in [3.63, 3.8) is 0 Å². The zero-order valence-corrected chi connectivity index (χ0v) is 8.77. The van der Waals surface area contributed by atoms with Crippen LogP contribution in [0.25, 0.3) is 0 Å². The third-order valence-electron chi connectivity index (χ3n) is 1.28. The summed E-state index contributed by atoms with van der Waals surface area (Å²) in [6.45, 7) is 0. The molecule has 0 aliphatic heterocycles. The molecule has 10 nitrogen and oxygen atoms in total. The monoisotopic (exact) mass is 266 g/mol. The van der Waals surface area contributed by atoms with Gasteiger partial charge in [0, 0.05) is 12.1 Å². The van der Waals surface area contributed by atoms with Crippen LogP contribution in [0.2, 0.25) is 0 Å². The van der Waals surface area contributed by atoms with Gasteiger partial charge < -0.3 is 0 Å². The summed E-state index contributed by atoms with van der Waals surface area (Å²) in [7, 11) is -4.67. The van der Waals surface area contributed by atoms with E-state index in [1.165, 1.54) is 12.1 Å². The first-order valence-electron chi connectivity index (χ1n) is 3.70. The van der Waals surface area contributed by atoms with Crippen molar-refractivity contribution in [3.8, 4) is 0 Å². The van der Waals surface area contributed by atoms with E-state index in [0.717, 1.165) is 12.1 Å². The van der Waals surface area contributed by atoms with E-state index >= 15 is 0 Å². The summed E-state index contributed by atoms with van der Waals surface area (Å²) < 4.78 is 31.6. The van der Waals surface area contributed by atoms with Gasteiger partial charge in [0.15, 0.2) is 0 Å². The first-order chi connectivity index (χ1) is 7.63. The van der Waals surface area contributed by atoms with Gasteiger partial charge in [-0.1, -0.05) is 12.1 Å². The molecule has 0 saturated carbocycles. The number of para-hydroxylation sites is 2. The standard InChI is InChI=1S/C6H4N2O4.H2O4S/c9-7(10)5-3-1-2-4-6(5)8(11)12;1-5(2,3)4/h1-4H;(H2,1,2,3,4). The lowest BCUT2D eigenvalue weighted by Crippen LogP contribution is -1.95. The van der Waals surface area contributed by atoms with Gasteiger partial charge in [-0.15, -0.1) is 0 Å². The average Bonchev–Trinajstić information content (AvgIpc) is 2.15. The van der Waals surface area contributed by atoms with E-state index in [9.17, 15) is 20.2 Å². The number of nitro benzene ring substituents is 2. The Bertz CT molecular complexity index is 484. The number of hydrogen-bond acceptors (Lipinski definition) is 6. The van der Waals surface area contributed by atoms with Crippen LogP contribution in [-0.2, 0) is 10.4 Å². The zero-order chi connectivity index (χ0) is 13.6. The maximum atomic E-state index is 10.2. The lowest BCUT2D eigenvalue weighted by Gasteiger charge is -1.91. The Morgan fingerprint density at radius 1 is 0.941 bits per heavy atom. The molecular formula is C6H6N2O8S. The van der Waals surface area contributed by atoms with Crippen LogP contribution < -0.4 is 0 Å². The zero-order valence-electron chi connectivity index (χ0n) is 7.96. The quantitative estimate of drug-likeness (QED) is 0.452. The highest BCUT2D eigenvalue weighted by Crippen LogP contribution is 2.24. The van der Waals surface area contributed by atoms with Crippen LogP contribution in [0, 0.1) is 20.2 Å². The van der Waals surface area contributed by atoms with Crippen molar-refractivity contribution < 1.29 is 27.4 Å². The van der Waals surface area contributed by atoms with E-state index in [1.54, 1.807) is 0 Å². The molecule has 0 radical (unpaired) electrons. The summed E-state index contributed by atoms with van der Waals surface area (Å²) in [6.07, 6.45) is 0. The smallest absolute Gasteiger partial charge is 0.264 e. The molecule has 0 heterocycles. The van der Waals surface area contributed by atoms with E-state index in [2.05, 4.69) is 0 Å². The molecule has 1 aromatic carbocycles. The van der Waals surface area contributed by atoms with Crippen molar-refractivity contribution in [2.75, 3.05) is 0 Å². The van der Waals surface area contributed by atoms with Crippen molar-refractivity contribution >= 4 is 21.8 Å². The molecule has 0 fully saturated rings. The fourth-order valence-electron chi connectivity index (χ4n) is 0.773. The molecule has 0 amide bonds. The number of nitro groups is 2. The van der Waals surface area contributed by atoms with Crippen molar-refractivity contribution in [2.45, 2.75) is 0 Å². The second-order valence-electron chi connectivity index (χ2n) is 2.45. The average molecular weight is 266 g/mol. The van der Waals surface area contributed by atoms with E-state index in [1.807, 2.05) is 0 Å². The van der Waals surface area contributed by atoms with Gasteiger partial charge in [0.25, 0.3) is 0 Å². The van der Waals surface area contributed by atoms with Crippen molar-refractivity contribution in [1.82, 2.24) is 0 Å². The molecule has 11 heteroatoms. The highest BCUT2D eigenvalue weighted by molar-refractivity contribution is 7.79. The normalized spacial score (nSPS) is 10.0. The molecule has 0 aliphatic rings. The van der Waals surface area contributed by atoms with E-state index in [0.29, 0.717) is 0 Å². The van der Waals surface area contributed by atoms with Gasteiger partial charge in [-0.25, -0.2) is 0 Å². The Morgan fingerprint density at radius 2 is 1.18 bits per heavy atom. The molecule has 94 valence electrons. The summed E-state index contributed by atoms with van der Waals surface area (Å²) in [4.78, 5) is 18.9. The highest BCUT2D eigenvalue weighted by Gasteiger charge is 2.21. The van der Waals surface area contributed by atoms with Crippen LogP contribution in [-0.4, -0.2) is 27.4 Å². The molecule has 0 aliphatic carbocycles. The Kier molecular flexibility index (Phi) is 5.11. The van der Waals surface area contributed by atoms with E-state index in [4.69, 9.17) is 17.5 Å². The predicted molar refractivity (Wildman–Crippen MR) is 53.9 cm³/mol. The van der Waals surface area contributed by atoms with Crippen molar-refractivity contribution in [3.05, 3.63) is 44.5 Å². The summed E-state index contributed by atoms with van der Waals surface area (Å²) >= 11 is 0. The van der Waals surface area contributed by atoms with Gasteiger partial charge in [-0.05, 0) is 0 Å². The largest absolute Gasteiger partial charge is 0.394 e. The van der Waals surface area contributed by atoms with Crippen molar-refractivity contribution in [1.29, 1.82) is 0 Å². The molecule has 1 rings (SSSR count). The van der Waals surface area contributed by atoms with E-state index in [-0.39, 0.29) is 0 Å². The van der Waals surface area contributed by atoms with Crippen molar-refractivity contribution in [2.24, 2.45) is 0 Å². The Balaban J connectivity index is 0.000000437. The number of hydrogen-bond donors (Lipinski definition) is 2. The van der Waals surface area contributed by atoms with Gasteiger partial charge in [0.05, 0.1) is 9.85 Å². The number of nitrogens with zero attached hydrogens (tertiary/aromatic N) is 2. The Morgan fingerprint density at radius 3 is 1.35 bits per heavy atom. The van der Waals surface area contributed by atoms with Crippen LogP contribution in [0.1, 0.15) is 0 Å². The molecule has 0 atom stereocenters. The summed E-state index contributed by atoms with van der Waals surface area (Å²) in [5.74, 6) is 0. The summed E-state index contributed by atoms with van der Waals surface area (Å²) in [5.41, 5.74) is -0.968. The molecule has 17 heavy (non-hydrogen) atoms. The molecule has 0 spiro atoms. The fourth-order valence-corrected chi connectivity index (χ4v) is 0.773. The van der Waals surface area contributed by atoms with Crippen LogP contribution in [0.5, 0.6) is 0 Å². The minimum absolute atomic E-state index is 0.484. The van der Waals surface area contributed by atoms with Crippen LogP contribution in [0.15, 0.2) is 24.3 Å². The maximum absolute atomic E-state index is 10.2. The summed E-state index contributed by atoms with van der Waals surface area (Å²) in [5, 5.41) is 20.5. The first-order valence-corrected chi connectivity index (χ1v) is 5.10. The van der Waals surface area contributed by atoms with Gasteiger partial charge in [-0.3, -0.25) is 29.3 Å². The van der Waals surface area contributed by atoms with Gasteiger partial charge in [-0.2, -0.15) is 8.42 Å². The topological polar surface area (TPSA) is 161 Å². The molecular weight excluding hydrogens is 260 g/mol. The number of rotatable bonds is 2. The lowest BCUT2D eigenvalue weighted by atomic mass is 10.3. The minimum Gasteiger partial charge on any atom is -0.264 e. The van der Waals surface area contributed by atoms with Gasteiger partial charge in [0.2, 0.25) is 0 Å². The first kappa shape index (κ1) is 14.9. The SMILES string of the molecule is O=S(=O)(O)O.O=[N+]([O-])c1ccccc1[N+](=O)[O-]. The number of benzene rings is 1. The Hall–Kier alpha value is -2.11. The molecule has 0 saturated heterocycles. The minimum atomic E-state index is -4.67. The molecule has 0 bridgehead atoms. The van der Waals surface area contributed by atoms with Gasteiger partial charge >= 0.3 is 21.8 Å². The van der Waals surface area contributed by atoms with Crippen LogP contribution in [0.4, 0.5) is 11.4 Å². The fraction of sp³-hybridized carbons (Fsp3) is 0. The second kappa shape index (κ2) is 5.83. The summed E-state index contributed by atoms with van der Waals surface area (Å²) in [6, 6.07) is 4.95. The van der Waals surface area contributed by atoms with Crippen LogP contribution >= 0.6 is 0 Å². The maximum Gasteiger partial charge on any atom is 0.394 e. The molecule has 0 unspecified atom stereocenters. The third kappa shape index (κ3) is 6.88. The lowest BCUT2D eigenvalue weighted by molar-refractivity contribution is -0.422. The van der Waals surface area contributed by atoms with Gasteiger partial charge in [0.1, 0.15) is 0 Å². The molecule has 1 aromatic rings. The highest BCUT2D eigenvalue weighted by atomic mass is 32.3.